The zero-order chi connectivity index (χ0) is 10.5. The van der Waals surface area contributed by atoms with Gasteiger partial charge >= 0.3 is 0 Å². The average Bonchev–Trinajstić information content (AvgIpc) is 2.31. The number of rotatable bonds is 3. The number of methoxy groups -OCH3 is 1. The first-order valence-corrected chi connectivity index (χ1v) is 5.32. The molecule has 0 radical (unpaired) electrons. The van der Waals surface area contributed by atoms with Crippen molar-refractivity contribution in [1.29, 1.82) is 0 Å². The first kappa shape index (κ1) is 10.2. The molecule has 0 saturated heterocycles. The third-order valence-electron chi connectivity index (χ3n) is 2.69. The molecule has 78 valence electrons. The van der Waals surface area contributed by atoms with Crippen LogP contribution in [0.4, 0.5) is 0 Å². The van der Waals surface area contributed by atoms with E-state index in [-0.39, 0.29) is 6.10 Å². The van der Waals surface area contributed by atoms with Crippen LogP contribution in [0.25, 0.3) is 0 Å². The molecule has 0 aliphatic heterocycles. The molecular weight excluding hydrogens is 184 g/mol. The fraction of sp³-hybridized carbons (Fsp3) is 0.286. The Balaban J connectivity index is 1.98. The van der Waals surface area contributed by atoms with Crippen molar-refractivity contribution in [3.05, 3.63) is 59.7 Å². The zero-order valence-corrected chi connectivity index (χ0v) is 9.02. The fourth-order valence-electron chi connectivity index (χ4n) is 1.78. The lowest BCUT2D eigenvalue weighted by Crippen LogP contribution is -2.08. The Morgan fingerprint density at radius 2 is 2.07 bits per heavy atom. The predicted octanol–water partition coefficient (Wildman–Crippen LogP) is 3.13. The fourth-order valence-corrected chi connectivity index (χ4v) is 1.78. The highest BCUT2D eigenvalue weighted by Gasteiger charge is 2.06. The number of allylic oxidation sites excluding steroid dienone is 2. The lowest BCUT2D eigenvalue weighted by Gasteiger charge is -2.14. The van der Waals surface area contributed by atoms with E-state index in [9.17, 15) is 0 Å². The smallest absolute Gasteiger partial charge is 0.0789 e. The van der Waals surface area contributed by atoms with Gasteiger partial charge in [-0.05, 0) is 24.0 Å². The first-order chi connectivity index (χ1) is 7.38. The molecule has 15 heavy (non-hydrogen) atoms. The highest BCUT2D eigenvalue weighted by Crippen LogP contribution is 2.16. The largest absolute Gasteiger partial charge is 0.377 e. The molecule has 1 nitrogen and oxygen atoms in total. The van der Waals surface area contributed by atoms with Gasteiger partial charge in [-0.15, -0.1) is 0 Å². The second-order valence-electron chi connectivity index (χ2n) is 3.81. The maximum atomic E-state index is 5.26. The minimum absolute atomic E-state index is 0.268. The summed E-state index contributed by atoms with van der Waals surface area (Å²) in [4.78, 5) is 0. The van der Waals surface area contributed by atoms with Gasteiger partial charge in [0.15, 0.2) is 0 Å². The van der Waals surface area contributed by atoms with Crippen molar-refractivity contribution >= 4 is 0 Å². The summed E-state index contributed by atoms with van der Waals surface area (Å²) in [5, 5.41) is 0. The molecule has 0 N–H and O–H groups in total. The van der Waals surface area contributed by atoms with Crippen LogP contribution in [0.2, 0.25) is 0 Å². The molecule has 0 saturated carbocycles. The molecule has 1 aliphatic carbocycles. The van der Waals surface area contributed by atoms with Gasteiger partial charge in [-0.25, -0.2) is 0 Å². The van der Waals surface area contributed by atoms with Crippen molar-refractivity contribution in [3.8, 4) is 0 Å². The van der Waals surface area contributed by atoms with Crippen LogP contribution in [0.1, 0.15) is 12.0 Å². The second-order valence-corrected chi connectivity index (χ2v) is 3.81. The minimum atomic E-state index is 0.268. The summed E-state index contributed by atoms with van der Waals surface area (Å²) in [6.45, 7) is 0. The lowest BCUT2D eigenvalue weighted by atomic mass is 9.98. The van der Waals surface area contributed by atoms with Crippen LogP contribution in [0.15, 0.2) is 54.1 Å². The molecule has 1 aromatic rings. The molecule has 0 heterocycles. The quantitative estimate of drug-likeness (QED) is 0.728. The van der Waals surface area contributed by atoms with E-state index in [4.69, 9.17) is 4.74 Å². The molecule has 1 unspecified atom stereocenters. The zero-order valence-electron chi connectivity index (χ0n) is 9.02. The number of hydrogen-bond donors (Lipinski definition) is 0. The van der Waals surface area contributed by atoms with Crippen molar-refractivity contribution in [2.24, 2.45) is 0 Å². The van der Waals surface area contributed by atoms with Gasteiger partial charge in [-0.2, -0.15) is 0 Å². The molecule has 1 aliphatic rings. The number of hydrogen-bond acceptors (Lipinski definition) is 1. The molecule has 1 atom stereocenters. The van der Waals surface area contributed by atoms with Gasteiger partial charge < -0.3 is 4.74 Å². The summed E-state index contributed by atoms with van der Waals surface area (Å²) in [6, 6.07) is 10.5. The first-order valence-electron chi connectivity index (χ1n) is 5.32. The van der Waals surface area contributed by atoms with Crippen LogP contribution in [0.3, 0.4) is 0 Å². The molecule has 0 aromatic heterocycles. The van der Waals surface area contributed by atoms with Crippen LogP contribution in [0.5, 0.6) is 0 Å². The Labute approximate surface area is 91.1 Å². The standard InChI is InChI=1S/C14H16O/c1-15-14-9-7-13(8-10-14)11-12-5-3-2-4-6-12/h2-9,14H,10-11H2,1H3. The molecule has 2 rings (SSSR count). The van der Waals surface area contributed by atoms with E-state index in [2.05, 4.69) is 48.6 Å². The molecule has 0 amide bonds. The highest BCUT2D eigenvalue weighted by atomic mass is 16.5. The topological polar surface area (TPSA) is 9.23 Å². The molecule has 0 fully saturated rings. The van der Waals surface area contributed by atoms with Gasteiger partial charge in [-0.3, -0.25) is 0 Å². The normalized spacial score (nSPS) is 20.1. The van der Waals surface area contributed by atoms with E-state index in [0.717, 1.165) is 12.8 Å². The SMILES string of the molecule is COC1C=CC(Cc2ccccc2)=CC1. The third-order valence-corrected chi connectivity index (χ3v) is 2.69. The summed E-state index contributed by atoms with van der Waals surface area (Å²) in [7, 11) is 1.75. The summed E-state index contributed by atoms with van der Waals surface area (Å²) in [5.41, 5.74) is 2.75. The van der Waals surface area contributed by atoms with Crippen LogP contribution >= 0.6 is 0 Å². The van der Waals surface area contributed by atoms with E-state index >= 15 is 0 Å². The monoisotopic (exact) mass is 200 g/mol. The predicted molar refractivity (Wildman–Crippen MR) is 62.8 cm³/mol. The minimum Gasteiger partial charge on any atom is -0.377 e. The van der Waals surface area contributed by atoms with Gasteiger partial charge in [-0.1, -0.05) is 48.6 Å². The van der Waals surface area contributed by atoms with E-state index in [0.29, 0.717) is 0 Å². The average molecular weight is 200 g/mol. The van der Waals surface area contributed by atoms with Crippen LogP contribution in [0, 0.1) is 0 Å². The highest BCUT2D eigenvalue weighted by molar-refractivity contribution is 5.31. The van der Waals surface area contributed by atoms with E-state index in [1.807, 2.05) is 0 Å². The molecule has 1 heteroatoms. The van der Waals surface area contributed by atoms with Crippen LogP contribution in [-0.4, -0.2) is 13.2 Å². The molecule has 0 spiro atoms. The van der Waals surface area contributed by atoms with Crippen molar-refractivity contribution < 1.29 is 4.74 Å². The second kappa shape index (κ2) is 4.94. The Bertz CT molecular complexity index is 362. The maximum Gasteiger partial charge on any atom is 0.0789 e. The van der Waals surface area contributed by atoms with Gasteiger partial charge in [0.1, 0.15) is 0 Å². The number of benzene rings is 1. The van der Waals surface area contributed by atoms with Gasteiger partial charge in [0, 0.05) is 7.11 Å². The van der Waals surface area contributed by atoms with Crippen molar-refractivity contribution in [2.75, 3.05) is 7.11 Å². The molecule has 1 aromatic carbocycles. The van der Waals surface area contributed by atoms with Crippen molar-refractivity contribution in [1.82, 2.24) is 0 Å². The Morgan fingerprint density at radius 3 is 2.67 bits per heavy atom. The van der Waals surface area contributed by atoms with Crippen molar-refractivity contribution in [3.63, 3.8) is 0 Å². The maximum absolute atomic E-state index is 5.26. The summed E-state index contributed by atoms with van der Waals surface area (Å²) in [6.07, 6.45) is 8.86. The van der Waals surface area contributed by atoms with Gasteiger partial charge in [0.05, 0.1) is 6.10 Å². The molecule has 0 bridgehead atoms. The van der Waals surface area contributed by atoms with Gasteiger partial charge in [0.2, 0.25) is 0 Å². The summed E-state index contributed by atoms with van der Waals surface area (Å²) in [5.74, 6) is 0. The molecular formula is C14H16O. The third kappa shape index (κ3) is 2.80. The Hall–Kier alpha value is -1.34. The summed E-state index contributed by atoms with van der Waals surface area (Å²) < 4.78 is 5.26. The van der Waals surface area contributed by atoms with Gasteiger partial charge in [0.25, 0.3) is 0 Å². The van der Waals surface area contributed by atoms with Crippen LogP contribution in [-0.2, 0) is 11.2 Å². The number of ether oxygens (including phenoxy) is 1. The van der Waals surface area contributed by atoms with E-state index < -0.39 is 0 Å². The Kier molecular flexibility index (Phi) is 3.36. The van der Waals surface area contributed by atoms with Crippen LogP contribution < -0.4 is 0 Å². The van der Waals surface area contributed by atoms with Crippen molar-refractivity contribution in [2.45, 2.75) is 18.9 Å². The summed E-state index contributed by atoms with van der Waals surface area (Å²) >= 11 is 0. The van der Waals surface area contributed by atoms with E-state index in [1.54, 1.807) is 7.11 Å². The lowest BCUT2D eigenvalue weighted by molar-refractivity contribution is 0.142. The Morgan fingerprint density at radius 1 is 1.27 bits per heavy atom. The van der Waals surface area contributed by atoms with E-state index in [1.165, 1.54) is 11.1 Å².